The standard InChI is InChI=1S/C11H17NO3/c1-4-9(5-2)12-10(13)7-8-11(14)15-6-3/h1,9H,5-8H2,2-3H3,(H,12,13). The molecule has 0 aliphatic heterocycles. The molecule has 4 heteroatoms. The van der Waals surface area contributed by atoms with Gasteiger partial charge in [0.2, 0.25) is 5.91 Å². The van der Waals surface area contributed by atoms with Gasteiger partial charge in [0.1, 0.15) is 0 Å². The summed E-state index contributed by atoms with van der Waals surface area (Å²) < 4.78 is 4.69. The summed E-state index contributed by atoms with van der Waals surface area (Å²) in [6.45, 7) is 3.95. The Balaban J connectivity index is 3.75. The predicted octanol–water partition coefficient (Wildman–Crippen LogP) is 0.858. The second-order valence-electron chi connectivity index (χ2n) is 3.00. The van der Waals surface area contributed by atoms with Gasteiger partial charge in [-0.25, -0.2) is 0 Å². The van der Waals surface area contributed by atoms with Crippen LogP contribution >= 0.6 is 0 Å². The number of terminal acetylenes is 1. The van der Waals surface area contributed by atoms with Crippen molar-refractivity contribution in [3.8, 4) is 12.3 Å². The molecule has 0 radical (unpaired) electrons. The quantitative estimate of drug-likeness (QED) is 0.523. The lowest BCUT2D eigenvalue weighted by atomic mass is 10.2. The Bertz CT molecular complexity index is 255. The maximum Gasteiger partial charge on any atom is 0.306 e. The molecule has 84 valence electrons. The van der Waals surface area contributed by atoms with Crippen molar-refractivity contribution in [3.63, 3.8) is 0 Å². The van der Waals surface area contributed by atoms with E-state index < -0.39 is 0 Å². The second-order valence-corrected chi connectivity index (χ2v) is 3.00. The monoisotopic (exact) mass is 211 g/mol. The van der Waals surface area contributed by atoms with Crippen molar-refractivity contribution in [3.05, 3.63) is 0 Å². The number of carbonyl (C=O) groups is 2. The zero-order valence-electron chi connectivity index (χ0n) is 9.21. The molecule has 0 aromatic carbocycles. The summed E-state index contributed by atoms with van der Waals surface area (Å²) in [5, 5.41) is 2.63. The van der Waals surface area contributed by atoms with Crippen LogP contribution in [0.3, 0.4) is 0 Å². The molecule has 0 aromatic heterocycles. The molecule has 0 saturated carbocycles. The lowest BCUT2D eigenvalue weighted by Gasteiger charge is -2.09. The third-order valence-electron chi connectivity index (χ3n) is 1.81. The van der Waals surface area contributed by atoms with E-state index in [0.29, 0.717) is 13.0 Å². The van der Waals surface area contributed by atoms with Crippen molar-refractivity contribution < 1.29 is 14.3 Å². The second kappa shape index (κ2) is 7.86. The number of hydrogen-bond acceptors (Lipinski definition) is 3. The first-order valence-electron chi connectivity index (χ1n) is 5.05. The maximum atomic E-state index is 11.3. The van der Waals surface area contributed by atoms with Crippen molar-refractivity contribution in [2.75, 3.05) is 6.61 Å². The van der Waals surface area contributed by atoms with E-state index in [-0.39, 0.29) is 30.8 Å². The molecule has 0 fully saturated rings. The molecule has 0 spiro atoms. The fourth-order valence-corrected chi connectivity index (χ4v) is 0.977. The number of rotatable bonds is 6. The van der Waals surface area contributed by atoms with Crippen molar-refractivity contribution in [1.29, 1.82) is 0 Å². The number of ether oxygens (including phenoxy) is 1. The highest BCUT2D eigenvalue weighted by atomic mass is 16.5. The Kier molecular flexibility index (Phi) is 7.08. The van der Waals surface area contributed by atoms with Crippen LogP contribution in [-0.4, -0.2) is 24.5 Å². The van der Waals surface area contributed by atoms with Crippen LogP contribution in [-0.2, 0) is 14.3 Å². The van der Waals surface area contributed by atoms with E-state index in [1.54, 1.807) is 6.92 Å². The SMILES string of the molecule is C#CC(CC)NC(=O)CCC(=O)OCC. The highest BCUT2D eigenvalue weighted by Gasteiger charge is 2.10. The van der Waals surface area contributed by atoms with Gasteiger partial charge in [0, 0.05) is 6.42 Å². The van der Waals surface area contributed by atoms with Gasteiger partial charge in [0.05, 0.1) is 19.1 Å². The molecule has 0 saturated heterocycles. The Hall–Kier alpha value is -1.50. The summed E-state index contributed by atoms with van der Waals surface area (Å²) in [4.78, 5) is 22.2. The van der Waals surface area contributed by atoms with E-state index in [9.17, 15) is 9.59 Å². The number of esters is 1. The van der Waals surface area contributed by atoms with Crippen LogP contribution in [0.5, 0.6) is 0 Å². The smallest absolute Gasteiger partial charge is 0.306 e. The maximum absolute atomic E-state index is 11.3. The van der Waals surface area contributed by atoms with Crippen LogP contribution in [0.4, 0.5) is 0 Å². The molecule has 4 nitrogen and oxygen atoms in total. The first-order chi connectivity index (χ1) is 7.13. The number of nitrogens with one attached hydrogen (secondary N) is 1. The summed E-state index contributed by atoms with van der Waals surface area (Å²) >= 11 is 0. The van der Waals surface area contributed by atoms with Crippen molar-refractivity contribution >= 4 is 11.9 Å². The minimum atomic E-state index is -0.360. The van der Waals surface area contributed by atoms with E-state index in [0.717, 1.165) is 0 Å². The molecule has 1 N–H and O–H groups in total. The highest BCUT2D eigenvalue weighted by molar-refractivity contribution is 5.81. The molecule has 0 aliphatic rings. The molecule has 0 heterocycles. The summed E-state index contributed by atoms with van der Waals surface area (Å²) in [6.07, 6.45) is 6.08. The lowest BCUT2D eigenvalue weighted by Crippen LogP contribution is -2.33. The van der Waals surface area contributed by atoms with Crippen LogP contribution in [0, 0.1) is 12.3 Å². The zero-order valence-corrected chi connectivity index (χ0v) is 9.21. The normalized spacial score (nSPS) is 11.3. The van der Waals surface area contributed by atoms with Gasteiger partial charge in [-0.15, -0.1) is 6.42 Å². The molecular formula is C11H17NO3. The topological polar surface area (TPSA) is 55.4 Å². The molecule has 0 aromatic rings. The molecule has 0 rings (SSSR count). The van der Waals surface area contributed by atoms with Crippen LogP contribution in [0.15, 0.2) is 0 Å². The Morgan fingerprint density at radius 1 is 1.40 bits per heavy atom. The molecule has 1 atom stereocenters. The van der Waals surface area contributed by atoms with Gasteiger partial charge in [-0.1, -0.05) is 12.8 Å². The van der Waals surface area contributed by atoms with Gasteiger partial charge in [-0.05, 0) is 13.3 Å². The molecule has 0 aliphatic carbocycles. The fourth-order valence-electron chi connectivity index (χ4n) is 0.977. The first-order valence-corrected chi connectivity index (χ1v) is 5.05. The summed E-state index contributed by atoms with van der Waals surface area (Å²) in [5.74, 6) is 1.87. The highest BCUT2D eigenvalue weighted by Crippen LogP contribution is 1.95. The summed E-state index contributed by atoms with van der Waals surface area (Å²) in [5.41, 5.74) is 0. The minimum Gasteiger partial charge on any atom is -0.466 e. The Morgan fingerprint density at radius 3 is 2.53 bits per heavy atom. The predicted molar refractivity (Wildman–Crippen MR) is 56.9 cm³/mol. The number of amides is 1. The average molecular weight is 211 g/mol. The van der Waals surface area contributed by atoms with Crippen LogP contribution in [0.25, 0.3) is 0 Å². The van der Waals surface area contributed by atoms with Crippen molar-refractivity contribution in [2.24, 2.45) is 0 Å². The van der Waals surface area contributed by atoms with Gasteiger partial charge in [-0.2, -0.15) is 0 Å². The Morgan fingerprint density at radius 2 is 2.07 bits per heavy atom. The number of carbonyl (C=O) groups excluding carboxylic acids is 2. The van der Waals surface area contributed by atoms with Gasteiger partial charge >= 0.3 is 5.97 Å². The molecular weight excluding hydrogens is 194 g/mol. The first kappa shape index (κ1) is 13.5. The lowest BCUT2D eigenvalue weighted by molar-refractivity contribution is -0.144. The minimum absolute atomic E-state index is 0.0979. The molecule has 0 bridgehead atoms. The fraction of sp³-hybridized carbons (Fsp3) is 0.636. The van der Waals surface area contributed by atoms with Crippen molar-refractivity contribution in [1.82, 2.24) is 5.32 Å². The van der Waals surface area contributed by atoms with Gasteiger partial charge < -0.3 is 10.1 Å². The third kappa shape index (κ3) is 6.55. The van der Waals surface area contributed by atoms with Gasteiger partial charge in [-0.3, -0.25) is 9.59 Å². The van der Waals surface area contributed by atoms with Gasteiger partial charge in [0.25, 0.3) is 0 Å². The van der Waals surface area contributed by atoms with E-state index in [1.807, 2.05) is 6.92 Å². The third-order valence-corrected chi connectivity index (χ3v) is 1.81. The molecule has 1 unspecified atom stereocenters. The van der Waals surface area contributed by atoms with Crippen LogP contribution < -0.4 is 5.32 Å². The van der Waals surface area contributed by atoms with E-state index in [1.165, 1.54) is 0 Å². The largest absolute Gasteiger partial charge is 0.466 e. The van der Waals surface area contributed by atoms with Crippen LogP contribution in [0.2, 0.25) is 0 Å². The van der Waals surface area contributed by atoms with Crippen LogP contribution in [0.1, 0.15) is 33.1 Å². The summed E-state index contributed by atoms with van der Waals surface area (Å²) in [6, 6.07) is -0.250. The zero-order chi connectivity index (χ0) is 11.7. The number of hydrogen-bond donors (Lipinski definition) is 1. The van der Waals surface area contributed by atoms with E-state index >= 15 is 0 Å². The van der Waals surface area contributed by atoms with Gasteiger partial charge in [0.15, 0.2) is 0 Å². The summed E-state index contributed by atoms with van der Waals surface area (Å²) in [7, 11) is 0. The molecule has 1 amide bonds. The molecule has 15 heavy (non-hydrogen) atoms. The average Bonchev–Trinajstić information content (AvgIpc) is 2.23. The van der Waals surface area contributed by atoms with E-state index in [4.69, 9.17) is 11.2 Å². The van der Waals surface area contributed by atoms with E-state index in [2.05, 4.69) is 11.2 Å². The van der Waals surface area contributed by atoms with Crippen molar-refractivity contribution in [2.45, 2.75) is 39.2 Å². The Labute approximate surface area is 90.4 Å².